The average Bonchev–Trinajstić information content (AvgIpc) is 3.84. The van der Waals surface area contributed by atoms with E-state index in [-0.39, 0.29) is 0 Å². The number of fused-ring (bicyclic) bond motifs is 8. The first-order chi connectivity index (χ1) is 29.3. The van der Waals surface area contributed by atoms with Crippen LogP contribution in [0, 0.1) is 0 Å². The molecule has 0 saturated heterocycles. The lowest BCUT2D eigenvalue weighted by Crippen LogP contribution is -2.11. The molecule has 59 heavy (non-hydrogen) atoms. The Morgan fingerprint density at radius 1 is 0.356 bits per heavy atom. The van der Waals surface area contributed by atoms with E-state index >= 15 is 0 Å². The van der Waals surface area contributed by atoms with Crippen molar-refractivity contribution in [2.45, 2.75) is 0 Å². The molecule has 0 N–H and O–H groups in total. The number of furan rings is 1. The molecule has 2 heterocycles. The summed E-state index contributed by atoms with van der Waals surface area (Å²) in [6, 6.07) is 79.0. The molecule has 0 radical (unpaired) electrons. The van der Waals surface area contributed by atoms with E-state index in [1.165, 1.54) is 54.5 Å². The largest absolute Gasteiger partial charge is 0.456 e. The predicted octanol–water partition coefficient (Wildman–Crippen LogP) is 15.8. The Morgan fingerprint density at radius 2 is 0.983 bits per heavy atom. The number of anilines is 3. The van der Waals surface area contributed by atoms with Crippen molar-refractivity contribution >= 4 is 82.4 Å². The van der Waals surface area contributed by atoms with E-state index in [2.05, 4.69) is 216 Å². The highest BCUT2D eigenvalue weighted by atomic mass is 16.3. The molecule has 0 aliphatic rings. The molecule has 0 unspecified atom stereocenters. The second kappa shape index (κ2) is 13.4. The Morgan fingerprint density at radius 3 is 1.83 bits per heavy atom. The van der Waals surface area contributed by atoms with Crippen molar-refractivity contribution < 1.29 is 4.42 Å². The summed E-state index contributed by atoms with van der Waals surface area (Å²) in [4.78, 5) is 2.45. The van der Waals surface area contributed by atoms with Gasteiger partial charge in [-0.15, -0.1) is 0 Å². The molecule has 0 spiro atoms. The molecule has 10 aromatic carbocycles. The van der Waals surface area contributed by atoms with Gasteiger partial charge in [-0.25, -0.2) is 0 Å². The smallest absolute Gasteiger partial charge is 0.135 e. The lowest BCUT2D eigenvalue weighted by Gasteiger charge is -2.29. The van der Waals surface area contributed by atoms with E-state index in [9.17, 15) is 0 Å². The normalized spacial score (nSPS) is 11.7. The first-order valence-corrected chi connectivity index (χ1v) is 20.2. The van der Waals surface area contributed by atoms with Gasteiger partial charge in [0.15, 0.2) is 0 Å². The highest BCUT2D eigenvalue weighted by Crippen LogP contribution is 2.47. The molecular formula is C56H36N2O. The summed E-state index contributed by atoms with van der Waals surface area (Å²) in [5.74, 6) is 0. The molecule has 3 nitrogen and oxygen atoms in total. The maximum atomic E-state index is 6.17. The molecule has 0 saturated carbocycles. The van der Waals surface area contributed by atoms with Gasteiger partial charge in [0.1, 0.15) is 11.2 Å². The number of hydrogen-bond acceptors (Lipinski definition) is 2. The van der Waals surface area contributed by atoms with Gasteiger partial charge in [0.05, 0.1) is 16.7 Å². The summed E-state index contributed by atoms with van der Waals surface area (Å²) in [6.07, 6.45) is 0. The van der Waals surface area contributed by atoms with Gasteiger partial charge < -0.3 is 13.9 Å². The van der Waals surface area contributed by atoms with Crippen molar-refractivity contribution in [1.82, 2.24) is 4.57 Å². The van der Waals surface area contributed by atoms with Crippen LogP contribution in [0.1, 0.15) is 0 Å². The molecule has 12 rings (SSSR count). The maximum Gasteiger partial charge on any atom is 0.135 e. The Balaban J connectivity index is 1.10. The van der Waals surface area contributed by atoms with Gasteiger partial charge in [-0.1, -0.05) is 146 Å². The van der Waals surface area contributed by atoms with E-state index in [1.807, 2.05) is 12.1 Å². The quantitative estimate of drug-likeness (QED) is 0.169. The zero-order valence-electron chi connectivity index (χ0n) is 32.1. The van der Waals surface area contributed by atoms with Gasteiger partial charge in [0.25, 0.3) is 0 Å². The summed E-state index contributed by atoms with van der Waals surface area (Å²) in [5, 5.41) is 9.55. The van der Waals surface area contributed by atoms with Gasteiger partial charge >= 0.3 is 0 Å². The molecule has 0 atom stereocenters. The minimum atomic E-state index is 0.902. The van der Waals surface area contributed by atoms with Crippen LogP contribution in [0.3, 0.4) is 0 Å². The topological polar surface area (TPSA) is 21.3 Å². The molecule has 3 heteroatoms. The van der Waals surface area contributed by atoms with E-state index in [1.54, 1.807) is 0 Å². The fraction of sp³-hybridized carbons (Fsp3) is 0. The molecule has 0 aliphatic carbocycles. The zero-order chi connectivity index (χ0) is 38.9. The summed E-state index contributed by atoms with van der Waals surface area (Å²) < 4.78 is 8.55. The van der Waals surface area contributed by atoms with Crippen molar-refractivity contribution in [3.63, 3.8) is 0 Å². The minimum absolute atomic E-state index is 0.902. The van der Waals surface area contributed by atoms with Crippen LogP contribution in [0.5, 0.6) is 0 Å². The lowest BCUT2D eigenvalue weighted by atomic mass is 9.91. The third-order valence-corrected chi connectivity index (χ3v) is 12.0. The third kappa shape index (κ3) is 5.36. The standard InChI is InChI=1S/C56H36N2O/c1-2-16-41(17-3-1)58-51-23-10-8-20-46(51)49-36-43(31-33-52(49)58)57(42-29-25-37(26-30-42)40-28-34-55-50(35-40)47-21-9-11-24-54(47)59-55)53-32-27-39-14-5-7-19-45(39)56(53)48-22-12-15-38-13-4-6-18-44(38)48/h1-36H. The first kappa shape index (κ1) is 33.3. The van der Waals surface area contributed by atoms with Gasteiger partial charge in [-0.2, -0.15) is 0 Å². The Hall–Kier alpha value is -7.88. The number of rotatable bonds is 6. The van der Waals surface area contributed by atoms with Crippen molar-refractivity contribution in [3.05, 3.63) is 218 Å². The summed E-state index contributed by atoms with van der Waals surface area (Å²) in [7, 11) is 0. The molecule has 0 aliphatic heterocycles. The zero-order valence-corrected chi connectivity index (χ0v) is 32.1. The Labute approximate surface area is 341 Å². The molecule has 0 fully saturated rings. The van der Waals surface area contributed by atoms with Gasteiger partial charge in [-0.05, 0) is 111 Å². The van der Waals surface area contributed by atoms with Crippen molar-refractivity contribution in [1.29, 1.82) is 0 Å². The van der Waals surface area contributed by atoms with Crippen LogP contribution < -0.4 is 4.90 Å². The molecule has 2 aromatic heterocycles. The van der Waals surface area contributed by atoms with Crippen LogP contribution in [-0.4, -0.2) is 4.57 Å². The van der Waals surface area contributed by atoms with Gasteiger partial charge in [0, 0.05) is 44.2 Å². The summed E-state index contributed by atoms with van der Waals surface area (Å²) in [6.45, 7) is 0. The van der Waals surface area contributed by atoms with Crippen LogP contribution in [0.25, 0.3) is 93.2 Å². The van der Waals surface area contributed by atoms with E-state index in [4.69, 9.17) is 4.42 Å². The van der Waals surface area contributed by atoms with Crippen LogP contribution in [0.15, 0.2) is 223 Å². The molecular weight excluding hydrogens is 717 g/mol. The van der Waals surface area contributed by atoms with Crippen molar-refractivity contribution in [3.8, 4) is 27.9 Å². The predicted molar refractivity (Wildman–Crippen MR) is 249 cm³/mol. The van der Waals surface area contributed by atoms with Gasteiger partial charge in [0.2, 0.25) is 0 Å². The first-order valence-electron chi connectivity index (χ1n) is 20.2. The van der Waals surface area contributed by atoms with Crippen LogP contribution in [0.4, 0.5) is 17.1 Å². The molecule has 276 valence electrons. The fourth-order valence-corrected chi connectivity index (χ4v) is 9.26. The number of benzene rings is 10. The maximum absolute atomic E-state index is 6.17. The van der Waals surface area contributed by atoms with Crippen molar-refractivity contribution in [2.24, 2.45) is 0 Å². The third-order valence-electron chi connectivity index (χ3n) is 12.0. The summed E-state index contributed by atoms with van der Waals surface area (Å²) in [5.41, 5.74) is 13.3. The van der Waals surface area contributed by atoms with Crippen LogP contribution >= 0.6 is 0 Å². The molecule has 0 bridgehead atoms. The number of hydrogen-bond donors (Lipinski definition) is 0. The lowest BCUT2D eigenvalue weighted by molar-refractivity contribution is 0.669. The fourth-order valence-electron chi connectivity index (χ4n) is 9.26. The monoisotopic (exact) mass is 752 g/mol. The number of nitrogens with zero attached hydrogens (tertiary/aromatic N) is 2. The van der Waals surface area contributed by atoms with Gasteiger partial charge in [-0.3, -0.25) is 0 Å². The minimum Gasteiger partial charge on any atom is -0.456 e. The Kier molecular flexibility index (Phi) is 7.54. The highest BCUT2D eigenvalue weighted by Gasteiger charge is 2.23. The molecule has 12 aromatic rings. The van der Waals surface area contributed by atoms with Crippen LogP contribution in [0.2, 0.25) is 0 Å². The van der Waals surface area contributed by atoms with E-state index in [0.29, 0.717) is 0 Å². The Bertz CT molecular complexity index is 3550. The van der Waals surface area contributed by atoms with Crippen LogP contribution in [-0.2, 0) is 0 Å². The average molecular weight is 753 g/mol. The SMILES string of the molecule is c1ccc(-n2c3ccccc3c3cc(N(c4ccc(-c5ccc6oc7ccccc7c6c5)cc4)c4ccc5ccccc5c4-c4cccc5ccccc45)ccc32)cc1. The van der Waals surface area contributed by atoms with Crippen molar-refractivity contribution in [2.75, 3.05) is 4.90 Å². The second-order valence-corrected chi connectivity index (χ2v) is 15.3. The summed E-state index contributed by atoms with van der Waals surface area (Å²) >= 11 is 0. The number of para-hydroxylation sites is 3. The van der Waals surface area contributed by atoms with E-state index < -0.39 is 0 Å². The second-order valence-electron chi connectivity index (χ2n) is 15.3. The number of aromatic nitrogens is 1. The molecule has 0 amide bonds. The van der Waals surface area contributed by atoms with E-state index in [0.717, 1.165) is 55.8 Å². The highest BCUT2D eigenvalue weighted by molar-refractivity contribution is 6.14.